The van der Waals surface area contributed by atoms with Crippen molar-refractivity contribution in [3.63, 3.8) is 0 Å². The SMILES string of the molecule is CCn1ccc(CNC(=O)Cn2nc(C)c(Br)c2C)n1. The monoisotopic (exact) mass is 339 g/mol. The molecule has 2 aromatic rings. The number of nitrogens with one attached hydrogen (secondary N) is 1. The second-order valence-corrected chi connectivity index (χ2v) is 5.37. The van der Waals surface area contributed by atoms with Crippen molar-refractivity contribution in [3.8, 4) is 0 Å². The Bertz CT molecular complexity index is 616. The Kier molecular flexibility index (Phi) is 4.59. The highest BCUT2D eigenvalue weighted by Gasteiger charge is 2.11. The van der Waals surface area contributed by atoms with Crippen molar-refractivity contribution in [1.29, 1.82) is 0 Å². The molecule has 6 nitrogen and oxygen atoms in total. The molecule has 0 aliphatic carbocycles. The van der Waals surface area contributed by atoms with Gasteiger partial charge in [0.25, 0.3) is 0 Å². The average molecular weight is 340 g/mol. The summed E-state index contributed by atoms with van der Waals surface area (Å²) in [5.41, 5.74) is 2.69. The van der Waals surface area contributed by atoms with Gasteiger partial charge in [-0.15, -0.1) is 0 Å². The molecule has 2 aromatic heterocycles. The molecule has 0 spiro atoms. The van der Waals surface area contributed by atoms with E-state index in [9.17, 15) is 4.79 Å². The third-order valence-corrected chi connectivity index (χ3v) is 4.22. The van der Waals surface area contributed by atoms with Crippen LogP contribution >= 0.6 is 15.9 Å². The molecule has 0 bridgehead atoms. The molecule has 20 heavy (non-hydrogen) atoms. The van der Waals surface area contributed by atoms with Crippen LogP contribution in [0.2, 0.25) is 0 Å². The van der Waals surface area contributed by atoms with E-state index < -0.39 is 0 Å². The number of rotatable bonds is 5. The highest BCUT2D eigenvalue weighted by atomic mass is 79.9. The van der Waals surface area contributed by atoms with Gasteiger partial charge >= 0.3 is 0 Å². The number of carbonyl (C=O) groups is 1. The number of aryl methyl sites for hydroxylation is 2. The number of aromatic nitrogens is 4. The van der Waals surface area contributed by atoms with Crippen LogP contribution in [0.4, 0.5) is 0 Å². The summed E-state index contributed by atoms with van der Waals surface area (Å²) >= 11 is 3.45. The van der Waals surface area contributed by atoms with Gasteiger partial charge in [0.1, 0.15) is 6.54 Å². The van der Waals surface area contributed by atoms with Gasteiger partial charge in [0.15, 0.2) is 0 Å². The van der Waals surface area contributed by atoms with Gasteiger partial charge in [-0.1, -0.05) is 0 Å². The lowest BCUT2D eigenvalue weighted by Gasteiger charge is -2.05. The first-order valence-corrected chi connectivity index (χ1v) is 7.29. The van der Waals surface area contributed by atoms with E-state index in [2.05, 4.69) is 31.4 Å². The fourth-order valence-electron chi connectivity index (χ4n) is 1.88. The molecule has 1 amide bonds. The molecule has 2 rings (SSSR count). The maximum atomic E-state index is 11.9. The molecule has 2 heterocycles. The van der Waals surface area contributed by atoms with Crippen LogP contribution in [-0.4, -0.2) is 25.5 Å². The van der Waals surface area contributed by atoms with E-state index in [1.807, 2.05) is 37.7 Å². The lowest BCUT2D eigenvalue weighted by molar-refractivity contribution is -0.122. The van der Waals surface area contributed by atoms with Gasteiger partial charge in [0.2, 0.25) is 5.91 Å². The number of carbonyl (C=O) groups excluding carboxylic acids is 1. The number of hydrogen-bond donors (Lipinski definition) is 1. The van der Waals surface area contributed by atoms with Crippen molar-refractivity contribution in [2.45, 2.75) is 40.4 Å². The Balaban J connectivity index is 1.90. The summed E-state index contributed by atoms with van der Waals surface area (Å²) in [6.07, 6.45) is 1.90. The highest BCUT2D eigenvalue weighted by Crippen LogP contribution is 2.19. The standard InChI is InChI=1S/C13H18BrN5O/c1-4-18-6-5-11(17-18)7-15-12(20)8-19-10(3)13(14)9(2)16-19/h5-6H,4,7-8H2,1-3H3,(H,15,20). The average Bonchev–Trinajstić information content (AvgIpc) is 2.98. The minimum atomic E-state index is -0.0749. The third kappa shape index (κ3) is 3.27. The van der Waals surface area contributed by atoms with E-state index in [0.717, 1.165) is 28.1 Å². The van der Waals surface area contributed by atoms with Gasteiger partial charge in [-0.2, -0.15) is 10.2 Å². The van der Waals surface area contributed by atoms with Crippen molar-refractivity contribution < 1.29 is 4.79 Å². The van der Waals surface area contributed by atoms with Crippen molar-refractivity contribution in [2.24, 2.45) is 0 Å². The van der Waals surface area contributed by atoms with Crippen molar-refractivity contribution in [1.82, 2.24) is 24.9 Å². The predicted molar refractivity (Wildman–Crippen MR) is 79.1 cm³/mol. The summed E-state index contributed by atoms with van der Waals surface area (Å²) in [7, 11) is 0. The largest absolute Gasteiger partial charge is 0.349 e. The van der Waals surface area contributed by atoms with Crippen molar-refractivity contribution in [3.05, 3.63) is 33.8 Å². The lowest BCUT2D eigenvalue weighted by Crippen LogP contribution is -2.28. The number of hydrogen-bond acceptors (Lipinski definition) is 3. The van der Waals surface area contributed by atoms with Crippen LogP contribution < -0.4 is 5.32 Å². The van der Waals surface area contributed by atoms with Gasteiger partial charge in [-0.3, -0.25) is 14.2 Å². The lowest BCUT2D eigenvalue weighted by atomic mass is 10.4. The molecule has 0 radical (unpaired) electrons. The zero-order chi connectivity index (χ0) is 14.7. The van der Waals surface area contributed by atoms with E-state index in [1.54, 1.807) is 4.68 Å². The Morgan fingerprint density at radius 3 is 2.70 bits per heavy atom. The summed E-state index contributed by atoms with van der Waals surface area (Å²) < 4.78 is 4.48. The molecule has 108 valence electrons. The summed E-state index contributed by atoms with van der Waals surface area (Å²) in [6.45, 7) is 7.34. The van der Waals surface area contributed by atoms with Crippen molar-refractivity contribution >= 4 is 21.8 Å². The summed E-state index contributed by atoms with van der Waals surface area (Å²) in [4.78, 5) is 11.9. The number of amides is 1. The molecule has 0 atom stereocenters. The maximum absolute atomic E-state index is 11.9. The predicted octanol–water partition coefficient (Wildman–Crippen LogP) is 1.80. The fraction of sp³-hybridized carbons (Fsp3) is 0.462. The normalized spacial score (nSPS) is 10.8. The first-order valence-electron chi connectivity index (χ1n) is 6.49. The van der Waals surface area contributed by atoms with Crippen LogP contribution in [0.25, 0.3) is 0 Å². The quantitative estimate of drug-likeness (QED) is 0.903. The zero-order valence-corrected chi connectivity index (χ0v) is 13.4. The summed E-state index contributed by atoms with van der Waals surface area (Å²) in [5.74, 6) is -0.0749. The molecular weight excluding hydrogens is 322 g/mol. The van der Waals surface area contributed by atoms with Crippen LogP contribution in [0, 0.1) is 13.8 Å². The summed E-state index contributed by atoms with van der Waals surface area (Å²) in [6, 6.07) is 1.91. The topological polar surface area (TPSA) is 64.7 Å². The van der Waals surface area contributed by atoms with Gasteiger partial charge in [-0.25, -0.2) is 0 Å². The second-order valence-electron chi connectivity index (χ2n) is 4.58. The van der Waals surface area contributed by atoms with Crippen LogP contribution in [0.15, 0.2) is 16.7 Å². The molecule has 0 fully saturated rings. The molecule has 0 unspecified atom stereocenters. The van der Waals surface area contributed by atoms with E-state index in [1.165, 1.54) is 0 Å². The van der Waals surface area contributed by atoms with E-state index in [-0.39, 0.29) is 12.5 Å². The molecule has 1 N–H and O–H groups in total. The first kappa shape index (κ1) is 14.8. The Labute approximate surface area is 126 Å². The van der Waals surface area contributed by atoms with Gasteiger partial charge in [-0.05, 0) is 42.8 Å². The van der Waals surface area contributed by atoms with E-state index >= 15 is 0 Å². The molecular formula is C13H18BrN5O. The Morgan fingerprint density at radius 2 is 2.15 bits per heavy atom. The highest BCUT2D eigenvalue weighted by molar-refractivity contribution is 9.10. The van der Waals surface area contributed by atoms with E-state index in [0.29, 0.717) is 6.54 Å². The number of halogens is 1. The van der Waals surface area contributed by atoms with E-state index in [4.69, 9.17) is 0 Å². The zero-order valence-electron chi connectivity index (χ0n) is 11.9. The second kappa shape index (κ2) is 6.21. The fourth-order valence-corrected chi connectivity index (χ4v) is 2.17. The minimum Gasteiger partial charge on any atom is -0.349 e. The Hall–Kier alpha value is -1.63. The molecule has 0 saturated carbocycles. The minimum absolute atomic E-state index is 0.0749. The number of nitrogens with zero attached hydrogens (tertiary/aromatic N) is 4. The summed E-state index contributed by atoms with van der Waals surface area (Å²) in [5, 5.41) is 11.5. The molecule has 7 heteroatoms. The smallest absolute Gasteiger partial charge is 0.242 e. The van der Waals surface area contributed by atoms with Crippen LogP contribution in [0.5, 0.6) is 0 Å². The Morgan fingerprint density at radius 1 is 1.40 bits per heavy atom. The molecule has 0 aliphatic heterocycles. The van der Waals surface area contributed by atoms with Crippen LogP contribution in [0.3, 0.4) is 0 Å². The van der Waals surface area contributed by atoms with Crippen LogP contribution in [0.1, 0.15) is 24.0 Å². The third-order valence-electron chi connectivity index (χ3n) is 3.07. The van der Waals surface area contributed by atoms with Gasteiger partial charge in [0.05, 0.1) is 28.1 Å². The van der Waals surface area contributed by atoms with Gasteiger partial charge in [0, 0.05) is 12.7 Å². The first-order chi connectivity index (χ1) is 9.51. The van der Waals surface area contributed by atoms with Crippen LogP contribution in [-0.2, 0) is 24.4 Å². The molecule has 0 aromatic carbocycles. The van der Waals surface area contributed by atoms with Gasteiger partial charge < -0.3 is 5.32 Å². The molecule has 0 aliphatic rings. The maximum Gasteiger partial charge on any atom is 0.242 e. The molecule has 0 saturated heterocycles. The van der Waals surface area contributed by atoms with Crippen molar-refractivity contribution in [2.75, 3.05) is 0 Å².